The Morgan fingerprint density at radius 1 is 1.31 bits per heavy atom. The number of benzene rings is 1. The largest absolute Gasteiger partial charge is 0.478 e. The van der Waals surface area contributed by atoms with Gasteiger partial charge in [-0.1, -0.05) is 12.1 Å². The molecule has 6 nitrogen and oxygen atoms in total. The van der Waals surface area contributed by atoms with Crippen LogP contribution in [0.15, 0.2) is 36.4 Å². The van der Waals surface area contributed by atoms with Crippen LogP contribution in [-0.2, 0) is 4.79 Å². The van der Waals surface area contributed by atoms with E-state index in [1.807, 2.05) is 0 Å². The van der Waals surface area contributed by atoms with Crippen molar-refractivity contribution in [1.82, 2.24) is 0 Å². The van der Waals surface area contributed by atoms with Gasteiger partial charge in [0.05, 0.1) is 4.92 Å². The van der Waals surface area contributed by atoms with Crippen molar-refractivity contribution in [2.45, 2.75) is 0 Å². The number of carbonyl (C=O) groups is 2. The Kier molecular flexibility index (Phi) is 3.49. The minimum Gasteiger partial charge on any atom is -0.478 e. The molecule has 0 saturated heterocycles. The van der Waals surface area contributed by atoms with Gasteiger partial charge in [-0.05, 0) is 6.08 Å². The van der Waals surface area contributed by atoms with Crippen molar-refractivity contribution in [2.75, 3.05) is 0 Å². The lowest BCUT2D eigenvalue weighted by Crippen LogP contribution is -1.98. The summed E-state index contributed by atoms with van der Waals surface area (Å²) in [6, 6.07) is 5.08. The first-order chi connectivity index (χ1) is 7.50. The fourth-order valence-corrected chi connectivity index (χ4v) is 1.02. The molecule has 0 aromatic heterocycles. The van der Waals surface area contributed by atoms with Crippen LogP contribution in [0.25, 0.3) is 0 Å². The van der Waals surface area contributed by atoms with E-state index in [0.717, 1.165) is 12.1 Å². The molecule has 16 heavy (non-hydrogen) atoms. The van der Waals surface area contributed by atoms with Crippen molar-refractivity contribution in [3.63, 3.8) is 0 Å². The predicted molar refractivity (Wildman–Crippen MR) is 54.2 cm³/mol. The summed E-state index contributed by atoms with van der Waals surface area (Å²) >= 11 is 0. The van der Waals surface area contributed by atoms with Gasteiger partial charge in [-0.15, -0.1) is 0 Å². The van der Waals surface area contributed by atoms with Crippen LogP contribution in [0.1, 0.15) is 10.4 Å². The van der Waals surface area contributed by atoms with Crippen LogP contribution in [0, 0.1) is 10.1 Å². The molecule has 0 atom stereocenters. The molecule has 0 radical (unpaired) electrons. The molecule has 0 aliphatic heterocycles. The number of non-ortho nitro benzene ring substituents is 1. The Bertz CT molecular complexity index is 478. The number of nitro groups is 1. The molecule has 0 spiro atoms. The van der Waals surface area contributed by atoms with Crippen molar-refractivity contribution >= 4 is 17.4 Å². The van der Waals surface area contributed by atoms with Crippen LogP contribution in [0.3, 0.4) is 0 Å². The van der Waals surface area contributed by atoms with E-state index in [0.29, 0.717) is 6.08 Å². The van der Waals surface area contributed by atoms with Gasteiger partial charge in [-0.3, -0.25) is 14.9 Å². The minimum atomic E-state index is -1.25. The highest BCUT2D eigenvalue weighted by atomic mass is 16.6. The van der Waals surface area contributed by atoms with E-state index >= 15 is 0 Å². The molecule has 0 unspecified atom stereocenters. The van der Waals surface area contributed by atoms with Crippen LogP contribution in [0.5, 0.6) is 0 Å². The number of carboxylic acids is 1. The Hall–Kier alpha value is -2.50. The average Bonchev–Trinajstić information content (AvgIpc) is 2.26. The number of hydrogen-bond acceptors (Lipinski definition) is 4. The number of hydrogen-bond donors (Lipinski definition) is 1. The van der Waals surface area contributed by atoms with Crippen molar-refractivity contribution in [3.8, 4) is 0 Å². The van der Waals surface area contributed by atoms with Crippen LogP contribution < -0.4 is 0 Å². The zero-order chi connectivity index (χ0) is 12.1. The zero-order valence-electron chi connectivity index (χ0n) is 7.99. The third-order valence-electron chi connectivity index (χ3n) is 1.72. The Morgan fingerprint density at radius 3 is 2.56 bits per heavy atom. The van der Waals surface area contributed by atoms with E-state index in [1.165, 1.54) is 18.2 Å². The maximum absolute atomic E-state index is 11.4. The Morgan fingerprint density at radius 2 is 2.00 bits per heavy atom. The second-order valence-electron chi connectivity index (χ2n) is 2.84. The van der Waals surface area contributed by atoms with Crippen molar-refractivity contribution in [2.24, 2.45) is 0 Å². The molecule has 0 amide bonds. The SMILES string of the molecule is O=C(O)C=CC(=O)c1cccc([N+](=O)[O-])c1. The number of ketones is 1. The summed E-state index contributed by atoms with van der Waals surface area (Å²) in [7, 11) is 0. The molecule has 1 N–H and O–H groups in total. The van der Waals surface area contributed by atoms with Gasteiger partial charge in [-0.2, -0.15) is 0 Å². The van der Waals surface area contributed by atoms with Crippen LogP contribution in [0.4, 0.5) is 5.69 Å². The maximum atomic E-state index is 11.4. The third-order valence-corrected chi connectivity index (χ3v) is 1.72. The van der Waals surface area contributed by atoms with Crippen LogP contribution in [0.2, 0.25) is 0 Å². The lowest BCUT2D eigenvalue weighted by molar-refractivity contribution is -0.384. The topological polar surface area (TPSA) is 97.5 Å². The lowest BCUT2D eigenvalue weighted by Gasteiger charge is -1.95. The molecule has 82 valence electrons. The summed E-state index contributed by atoms with van der Waals surface area (Å²) in [5, 5.41) is 18.7. The standard InChI is InChI=1S/C10H7NO5/c12-9(4-5-10(13)14)7-2-1-3-8(6-7)11(15)16/h1-6H,(H,13,14). The zero-order valence-corrected chi connectivity index (χ0v) is 7.99. The normalized spacial score (nSPS) is 10.2. The van der Waals surface area contributed by atoms with Crippen LogP contribution in [-0.4, -0.2) is 21.8 Å². The van der Waals surface area contributed by atoms with Crippen LogP contribution >= 0.6 is 0 Å². The molecule has 1 aromatic carbocycles. The minimum absolute atomic E-state index is 0.0756. The van der Waals surface area contributed by atoms with Gasteiger partial charge in [0.1, 0.15) is 0 Å². The highest BCUT2D eigenvalue weighted by Gasteiger charge is 2.09. The van der Waals surface area contributed by atoms with Crippen molar-refractivity contribution in [1.29, 1.82) is 0 Å². The highest BCUT2D eigenvalue weighted by molar-refractivity contribution is 6.07. The van der Waals surface area contributed by atoms with E-state index < -0.39 is 16.7 Å². The first-order valence-electron chi connectivity index (χ1n) is 4.20. The number of allylic oxidation sites excluding steroid dienone is 1. The van der Waals surface area contributed by atoms with E-state index in [4.69, 9.17) is 5.11 Å². The van der Waals surface area contributed by atoms with Gasteiger partial charge in [0.15, 0.2) is 5.78 Å². The molecule has 0 bridgehead atoms. The monoisotopic (exact) mass is 221 g/mol. The maximum Gasteiger partial charge on any atom is 0.328 e. The number of rotatable bonds is 4. The van der Waals surface area contributed by atoms with E-state index in [9.17, 15) is 19.7 Å². The average molecular weight is 221 g/mol. The highest BCUT2D eigenvalue weighted by Crippen LogP contribution is 2.13. The number of carboxylic acid groups (broad SMARTS) is 1. The van der Waals surface area contributed by atoms with Crippen molar-refractivity contribution in [3.05, 3.63) is 52.1 Å². The molecular weight excluding hydrogens is 214 g/mol. The molecule has 0 saturated carbocycles. The molecule has 0 fully saturated rings. The fraction of sp³-hybridized carbons (Fsp3) is 0. The number of aliphatic carboxylic acids is 1. The van der Waals surface area contributed by atoms with Gasteiger partial charge < -0.3 is 5.11 Å². The smallest absolute Gasteiger partial charge is 0.328 e. The molecule has 1 aromatic rings. The van der Waals surface area contributed by atoms with E-state index in [-0.39, 0.29) is 11.3 Å². The summed E-state index contributed by atoms with van der Waals surface area (Å²) in [5.74, 6) is -1.84. The molecule has 0 aliphatic rings. The first-order valence-corrected chi connectivity index (χ1v) is 4.20. The molecule has 6 heteroatoms. The summed E-state index contributed by atoms with van der Waals surface area (Å²) in [6.45, 7) is 0. The fourth-order valence-electron chi connectivity index (χ4n) is 1.02. The van der Waals surface area contributed by atoms with Gasteiger partial charge in [-0.25, -0.2) is 4.79 Å². The molecule has 1 rings (SSSR count). The Labute approximate surface area is 90.0 Å². The third kappa shape index (κ3) is 3.02. The Balaban J connectivity index is 2.96. The van der Waals surface area contributed by atoms with Gasteiger partial charge >= 0.3 is 5.97 Å². The number of nitro benzene ring substituents is 1. The first kappa shape index (κ1) is 11.6. The quantitative estimate of drug-likeness (QED) is 0.359. The second-order valence-corrected chi connectivity index (χ2v) is 2.84. The number of carbonyl (C=O) groups excluding carboxylic acids is 1. The second kappa shape index (κ2) is 4.83. The van der Waals surface area contributed by atoms with Gasteiger partial charge in [0, 0.05) is 23.8 Å². The van der Waals surface area contributed by atoms with Gasteiger partial charge in [0.25, 0.3) is 5.69 Å². The summed E-state index contributed by atoms with van der Waals surface area (Å²) in [4.78, 5) is 31.3. The summed E-state index contributed by atoms with van der Waals surface area (Å²) < 4.78 is 0. The number of nitrogens with zero attached hydrogens (tertiary/aromatic N) is 1. The lowest BCUT2D eigenvalue weighted by atomic mass is 10.1. The predicted octanol–water partition coefficient (Wildman–Crippen LogP) is 1.42. The summed E-state index contributed by atoms with van der Waals surface area (Å²) in [6.07, 6.45) is 1.53. The van der Waals surface area contributed by atoms with E-state index in [1.54, 1.807) is 0 Å². The molecule has 0 heterocycles. The molecule has 0 aliphatic carbocycles. The van der Waals surface area contributed by atoms with E-state index in [2.05, 4.69) is 0 Å². The molecular formula is C10H7NO5. The summed E-state index contributed by atoms with van der Waals surface area (Å²) in [5.41, 5.74) is -0.138. The van der Waals surface area contributed by atoms with Crippen molar-refractivity contribution < 1.29 is 19.6 Å². The van der Waals surface area contributed by atoms with Gasteiger partial charge in [0.2, 0.25) is 0 Å².